The fraction of sp³-hybridized carbons (Fsp3) is 0.100. The Kier molecular flexibility index (Phi) is 2.73. The summed E-state index contributed by atoms with van der Waals surface area (Å²) in [7, 11) is 0. The van der Waals surface area contributed by atoms with E-state index in [9.17, 15) is 5.11 Å². The van der Waals surface area contributed by atoms with Crippen molar-refractivity contribution in [1.82, 2.24) is 4.57 Å². The Balaban J connectivity index is 2.14. The van der Waals surface area contributed by atoms with Crippen LogP contribution in [0.3, 0.4) is 0 Å². The van der Waals surface area contributed by atoms with Crippen molar-refractivity contribution in [3.05, 3.63) is 71.9 Å². The van der Waals surface area contributed by atoms with Crippen LogP contribution >= 0.6 is 0 Å². The molecule has 4 aromatic rings. The number of aromatic nitrogens is 1. The molecule has 0 amide bonds. The predicted octanol–water partition coefficient (Wildman–Crippen LogP) is 5.11. The molecule has 0 bridgehead atoms. The van der Waals surface area contributed by atoms with E-state index < -0.39 is 0 Å². The molecule has 0 radical (unpaired) electrons. The van der Waals surface area contributed by atoms with Crippen molar-refractivity contribution in [1.29, 1.82) is 0 Å². The quantitative estimate of drug-likeness (QED) is 0.517. The van der Waals surface area contributed by atoms with Crippen LogP contribution in [0.5, 0.6) is 5.75 Å². The Morgan fingerprint density at radius 1 is 0.864 bits per heavy atom. The highest BCUT2D eigenvalue weighted by atomic mass is 16.3. The molecule has 0 aliphatic heterocycles. The lowest BCUT2D eigenvalue weighted by Crippen LogP contribution is -1.94. The van der Waals surface area contributed by atoms with Crippen molar-refractivity contribution < 1.29 is 5.11 Å². The van der Waals surface area contributed by atoms with Crippen LogP contribution in [0.4, 0.5) is 0 Å². The van der Waals surface area contributed by atoms with Gasteiger partial charge in [0.2, 0.25) is 0 Å². The van der Waals surface area contributed by atoms with Crippen LogP contribution in [0.2, 0.25) is 0 Å². The Labute approximate surface area is 129 Å². The summed E-state index contributed by atoms with van der Waals surface area (Å²) in [5.74, 6) is 0.303. The van der Waals surface area contributed by atoms with E-state index >= 15 is 0 Å². The highest BCUT2D eigenvalue weighted by molar-refractivity contribution is 5.96. The lowest BCUT2D eigenvalue weighted by Gasteiger charge is -2.12. The number of phenols is 1. The third kappa shape index (κ3) is 1.81. The number of benzene rings is 3. The van der Waals surface area contributed by atoms with Crippen LogP contribution in [0.25, 0.3) is 27.4 Å². The van der Waals surface area contributed by atoms with Crippen LogP contribution in [0.1, 0.15) is 11.1 Å². The molecule has 0 unspecified atom stereocenters. The Morgan fingerprint density at radius 2 is 1.68 bits per heavy atom. The summed E-state index contributed by atoms with van der Waals surface area (Å²) >= 11 is 0. The van der Waals surface area contributed by atoms with E-state index in [2.05, 4.69) is 54.9 Å². The molecular weight excluding hydrogens is 270 g/mol. The zero-order chi connectivity index (χ0) is 15.3. The minimum atomic E-state index is 0.303. The smallest absolute Gasteiger partial charge is 0.140 e. The molecule has 108 valence electrons. The maximum Gasteiger partial charge on any atom is 0.140 e. The topological polar surface area (TPSA) is 25.2 Å². The first kappa shape index (κ1) is 13.0. The standard InChI is InChI=1S/C20H17NO/c1-13-7-9-17-15(11-13)8-10-19(22)20(17)21-12-14(2)16-5-3-4-6-18(16)21/h3-12,22H,1-2H3. The van der Waals surface area contributed by atoms with Crippen molar-refractivity contribution >= 4 is 21.7 Å². The molecular formula is C20H17NO. The van der Waals surface area contributed by atoms with Gasteiger partial charge in [0.25, 0.3) is 0 Å². The number of phenolic OH excluding ortho intramolecular Hbond substituents is 1. The van der Waals surface area contributed by atoms with Gasteiger partial charge in [-0.25, -0.2) is 0 Å². The van der Waals surface area contributed by atoms with Gasteiger partial charge in [0.1, 0.15) is 5.75 Å². The van der Waals surface area contributed by atoms with Gasteiger partial charge in [0.05, 0.1) is 11.2 Å². The van der Waals surface area contributed by atoms with E-state index in [-0.39, 0.29) is 0 Å². The van der Waals surface area contributed by atoms with Crippen molar-refractivity contribution in [2.24, 2.45) is 0 Å². The van der Waals surface area contributed by atoms with E-state index in [1.807, 2.05) is 18.2 Å². The number of hydrogen-bond donors (Lipinski definition) is 1. The van der Waals surface area contributed by atoms with Gasteiger partial charge in [-0.1, -0.05) is 48.0 Å². The highest BCUT2D eigenvalue weighted by Crippen LogP contribution is 2.35. The van der Waals surface area contributed by atoms with E-state index in [1.165, 1.54) is 16.5 Å². The molecule has 0 fully saturated rings. The average Bonchev–Trinajstić information content (AvgIpc) is 2.85. The van der Waals surface area contributed by atoms with Gasteiger partial charge < -0.3 is 9.67 Å². The third-order valence-electron chi connectivity index (χ3n) is 4.28. The molecule has 0 atom stereocenters. The normalized spacial score (nSPS) is 11.4. The first-order chi connectivity index (χ1) is 10.6. The summed E-state index contributed by atoms with van der Waals surface area (Å²) in [5, 5.41) is 13.9. The maximum absolute atomic E-state index is 10.5. The molecule has 4 rings (SSSR count). The van der Waals surface area contributed by atoms with Gasteiger partial charge in [-0.15, -0.1) is 0 Å². The predicted molar refractivity (Wildman–Crippen MR) is 91.9 cm³/mol. The second kappa shape index (κ2) is 4.63. The van der Waals surface area contributed by atoms with E-state index in [0.717, 1.165) is 22.0 Å². The Hall–Kier alpha value is -2.74. The number of aromatic hydroxyl groups is 1. The summed E-state index contributed by atoms with van der Waals surface area (Å²) in [6, 6.07) is 18.4. The molecule has 1 aromatic heterocycles. The number of para-hydroxylation sites is 1. The molecule has 0 spiro atoms. The third-order valence-corrected chi connectivity index (χ3v) is 4.28. The van der Waals surface area contributed by atoms with Crippen molar-refractivity contribution in [2.45, 2.75) is 13.8 Å². The van der Waals surface area contributed by atoms with Crippen LogP contribution in [0.15, 0.2) is 60.8 Å². The molecule has 1 N–H and O–H groups in total. The van der Waals surface area contributed by atoms with Gasteiger partial charge >= 0.3 is 0 Å². The van der Waals surface area contributed by atoms with Gasteiger partial charge in [0.15, 0.2) is 0 Å². The molecule has 0 aliphatic rings. The summed E-state index contributed by atoms with van der Waals surface area (Å²) < 4.78 is 2.09. The lowest BCUT2D eigenvalue weighted by atomic mass is 10.1. The fourth-order valence-electron chi connectivity index (χ4n) is 3.21. The van der Waals surface area contributed by atoms with Crippen molar-refractivity contribution in [3.63, 3.8) is 0 Å². The molecule has 2 nitrogen and oxygen atoms in total. The molecule has 2 heteroatoms. The molecule has 0 aliphatic carbocycles. The van der Waals surface area contributed by atoms with Crippen molar-refractivity contribution in [3.8, 4) is 11.4 Å². The largest absolute Gasteiger partial charge is 0.506 e. The summed E-state index contributed by atoms with van der Waals surface area (Å²) in [6.45, 7) is 4.19. The van der Waals surface area contributed by atoms with Crippen LogP contribution in [-0.2, 0) is 0 Å². The monoisotopic (exact) mass is 287 g/mol. The van der Waals surface area contributed by atoms with E-state index in [4.69, 9.17) is 0 Å². The number of hydrogen-bond acceptors (Lipinski definition) is 1. The number of rotatable bonds is 1. The van der Waals surface area contributed by atoms with Crippen molar-refractivity contribution in [2.75, 3.05) is 0 Å². The first-order valence-corrected chi connectivity index (χ1v) is 7.44. The summed E-state index contributed by atoms with van der Waals surface area (Å²) in [4.78, 5) is 0. The van der Waals surface area contributed by atoms with Gasteiger partial charge in [0, 0.05) is 17.0 Å². The molecule has 0 saturated carbocycles. The SMILES string of the molecule is Cc1ccc2c(-n3cc(C)c4ccccc43)c(O)ccc2c1. The summed E-state index contributed by atoms with van der Waals surface area (Å²) in [5.41, 5.74) is 4.39. The molecule has 3 aromatic carbocycles. The van der Waals surface area contributed by atoms with Crippen LogP contribution in [-0.4, -0.2) is 9.67 Å². The highest BCUT2D eigenvalue weighted by Gasteiger charge is 2.13. The zero-order valence-corrected chi connectivity index (χ0v) is 12.7. The first-order valence-electron chi connectivity index (χ1n) is 7.44. The molecule has 22 heavy (non-hydrogen) atoms. The van der Waals surface area contributed by atoms with Gasteiger partial charge in [-0.05, 0) is 36.9 Å². The van der Waals surface area contributed by atoms with Gasteiger partial charge in [-0.3, -0.25) is 0 Å². The lowest BCUT2D eigenvalue weighted by molar-refractivity contribution is 0.473. The van der Waals surface area contributed by atoms with Crippen LogP contribution in [0, 0.1) is 13.8 Å². The molecule has 0 saturated heterocycles. The number of fused-ring (bicyclic) bond motifs is 2. The Bertz CT molecular complexity index is 1010. The second-order valence-corrected chi connectivity index (χ2v) is 5.86. The van der Waals surface area contributed by atoms with Gasteiger partial charge in [-0.2, -0.15) is 0 Å². The fourth-order valence-corrected chi connectivity index (χ4v) is 3.21. The minimum absolute atomic E-state index is 0.303. The second-order valence-electron chi connectivity index (χ2n) is 5.86. The maximum atomic E-state index is 10.5. The summed E-state index contributed by atoms with van der Waals surface area (Å²) in [6.07, 6.45) is 2.10. The average molecular weight is 287 g/mol. The minimum Gasteiger partial charge on any atom is -0.506 e. The zero-order valence-electron chi connectivity index (χ0n) is 12.7. The number of nitrogens with zero attached hydrogens (tertiary/aromatic N) is 1. The van der Waals surface area contributed by atoms with Crippen LogP contribution < -0.4 is 0 Å². The Morgan fingerprint density at radius 3 is 2.55 bits per heavy atom. The number of aryl methyl sites for hydroxylation is 2. The molecule has 1 heterocycles. The van der Waals surface area contributed by atoms with E-state index in [0.29, 0.717) is 5.75 Å². The van der Waals surface area contributed by atoms with E-state index in [1.54, 1.807) is 6.07 Å².